The first kappa shape index (κ1) is 23.0. The van der Waals surface area contributed by atoms with Gasteiger partial charge in [-0.25, -0.2) is 0 Å². The van der Waals surface area contributed by atoms with Crippen molar-refractivity contribution >= 4 is 37.6 Å². The Morgan fingerprint density at radius 3 is 1.69 bits per heavy atom. The molecule has 146 valence electrons. The molecule has 0 aliphatic rings. The number of aliphatic hydroxyl groups is 1. The summed E-state index contributed by atoms with van der Waals surface area (Å²) in [7, 11) is 0. The molecule has 26 heavy (non-hydrogen) atoms. The molecule has 2 aromatic rings. The van der Waals surface area contributed by atoms with E-state index in [0.717, 1.165) is 20.3 Å². The number of hydrogen-bond acceptors (Lipinski definition) is 4. The van der Waals surface area contributed by atoms with Crippen LogP contribution < -0.4 is 0 Å². The molecule has 0 radical (unpaired) electrons. The van der Waals surface area contributed by atoms with E-state index in [1.54, 1.807) is 23.2 Å². The molecule has 0 fully saturated rings. The number of rotatable bonds is 4. The van der Waals surface area contributed by atoms with E-state index in [0.29, 0.717) is 0 Å². The summed E-state index contributed by atoms with van der Waals surface area (Å²) in [6.07, 6.45) is 3.29. The maximum atomic E-state index is 11.3. The van der Waals surface area contributed by atoms with E-state index in [2.05, 4.69) is 42.1 Å². The molecule has 0 bridgehead atoms. The lowest BCUT2D eigenvalue weighted by molar-refractivity contribution is -0.124. The van der Waals surface area contributed by atoms with E-state index >= 15 is 0 Å². The Bertz CT molecular complexity index is 737. The maximum absolute atomic E-state index is 11.3. The fourth-order valence-corrected chi connectivity index (χ4v) is 2.36. The van der Waals surface area contributed by atoms with Gasteiger partial charge in [0.2, 0.25) is 0 Å². The highest BCUT2D eigenvalue weighted by Crippen LogP contribution is 2.23. The number of aromatic nitrogens is 4. The van der Waals surface area contributed by atoms with Gasteiger partial charge in [0.15, 0.2) is 5.78 Å². The van der Waals surface area contributed by atoms with Gasteiger partial charge in [-0.2, -0.15) is 10.2 Å². The van der Waals surface area contributed by atoms with Crippen LogP contribution in [0, 0.1) is 13.8 Å². The van der Waals surface area contributed by atoms with Crippen molar-refractivity contribution in [2.75, 3.05) is 0 Å². The minimum Gasteiger partial charge on any atom is -0.391 e. The number of aryl methyl sites for hydroxylation is 2. The molecular weight excluding hydrogens is 464 g/mol. The molecule has 0 saturated heterocycles. The van der Waals surface area contributed by atoms with E-state index < -0.39 is 11.6 Å². The predicted octanol–water partition coefficient (Wildman–Crippen LogP) is 4.35. The van der Waals surface area contributed by atoms with Crippen LogP contribution in [-0.4, -0.2) is 36.6 Å². The van der Waals surface area contributed by atoms with Gasteiger partial charge >= 0.3 is 0 Å². The molecule has 1 atom stereocenters. The van der Waals surface area contributed by atoms with Crippen molar-refractivity contribution in [2.45, 2.75) is 72.6 Å². The summed E-state index contributed by atoms with van der Waals surface area (Å²) in [5, 5.41) is 18.1. The van der Waals surface area contributed by atoms with E-state index in [-0.39, 0.29) is 11.3 Å². The number of aliphatic hydroxyl groups excluding tert-OH is 1. The highest BCUT2D eigenvalue weighted by molar-refractivity contribution is 9.10. The molecule has 2 aromatic heterocycles. The maximum Gasteiger partial charge on any atom is 0.156 e. The number of ketones is 1. The second kappa shape index (κ2) is 8.35. The van der Waals surface area contributed by atoms with Crippen LogP contribution in [0.25, 0.3) is 0 Å². The average Bonchev–Trinajstić information content (AvgIpc) is 3.03. The van der Waals surface area contributed by atoms with Gasteiger partial charge in [0.25, 0.3) is 0 Å². The van der Waals surface area contributed by atoms with Gasteiger partial charge in [-0.1, -0.05) is 0 Å². The molecule has 0 spiro atoms. The van der Waals surface area contributed by atoms with Crippen molar-refractivity contribution < 1.29 is 9.90 Å². The van der Waals surface area contributed by atoms with Crippen LogP contribution in [0.5, 0.6) is 0 Å². The van der Waals surface area contributed by atoms with Crippen molar-refractivity contribution in [3.8, 4) is 0 Å². The first-order valence-electron chi connectivity index (χ1n) is 8.34. The quantitative estimate of drug-likeness (QED) is 0.689. The number of hydrogen-bond donors (Lipinski definition) is 1. The zero-order chi connectivity index (χ0) is 20.4. The second-order valence-corrected chi connectivity index (χ2v) is 9.17. The number of nitrogens with zero attached hydrogens (tertiary/aromatic N) is 4. The average molecular weight is 492 g/mol. The number of halogens is 2. The summed E-state index contributed by atoms with van der Waals surface area (Å²) in [4.78, 5) is 11.3. The molecule has 1 unspecified atom stereocenters. The minimum atomic E-state index is -0.559. The second-order valence-electron chi connectivity index (χ2n) is 7.46. The lowest BCUT2D eigenvalue weighted by Gasteiger charge is -2.28. The van der Waals surface area contributed by atoms with Gasteiger partial charge in [-0.15, -0.1) is 0 Å². The van der Waals surface area contributed by atoms with Crippen LogP contribution in [-0.2, 0) is 15.9 Å². The highest BCUT2D eigenvalue weighted by atomic mass is 79.9. The van der Waals surface area contributed by atoms with E-state index in [4.69, 9.17) is 0 Å². The Hall–Kier alpha value is -0.990. The molecule has 0 aliphatic heterocycles. The predicted molar refractivity (Wildman–Crippen MR) is 110 cm³/mol. The third-order valence-corrected chi connectivity index (χ3v) is 6.28. The van der Waals surface area contributed by atoms with Crippen molar-refractivity contribution in [3.05, 3.63) is 32.7 Å². The number of carbonyl (C=O) groups is 1. The number of Topliss-reactive ketones (excluding diaryl/α,β-unsaturated/α-hetero) is 1. The third-order valence-electron chi connectivity index (χ3n) is 4.73. The van der Waals surface area contributed by atoms with Crippen molar-refractivity contribution in [1.29, 1.82) is 0 Å². The van der Waals surface area contributed by atoms with Gasteiger partial charge in [-0.05, 0) is 87.2 Å². The van der Waals surface area contributed by atoms with E-state index in [1.807, 2.05) is 53.9 Å². The molecule has 2 rings (SSSR count). The van der Waals surface area contributed by atoms with Crippen molar-refractivity contribution in [3.63, 3.8) is 0 Å². The van der Waals surface area contributed by atoms with Gasteiger partial charge in [0.1, 0.15) is 5.54 Å². The van der Waals surface area contributed by atoms with Crippen molar-refractivity contribution in [1.82, 2.24) is 19.6 Å². The van der Waals surface area contributed by atoms with Gasteiger partial charge < -0.3 is 5.11 Å². The van der Waals surface area contributed by atoms with Crippen molar-refractivity contribution in [2.24, 2.45) is 0 Å². The largest absolute Gasteiger partial charge is 0.391 e. The van der Waals surface area contributed by atoms with Crippen LogP contribution in [0.15, 0.2) is 21.3 Å². The molecule has 2 heterocycles. The van der Waals surface area contributed by atoms with Crippen LogP contribution in [0.2, 0.25) is 0 Å². The Balaban J connectivity index is 0.000000260. The van der Waals surface area contributed by atoms with Gasteiger partial charge in [-0.3, -0.25) is 14.2 Å². The lowest BCUT2D eigenvalue weighted by Crippen LogP contribution is -2.38. The third kappa shape index (κ3) is 5.04. The zero-order valence-corrected chi connectivity index (χ0v) is 19.8. The summed E-state index contributed by atoms with van der Waals surface area (Å²) in [6, 6.07) is 0. The lowest BCUT2D eigenvalue weighted by atomic mass is 9.99. The van der Waals surface area contributed by atoms with Crippen LogP contribution in [0.4, 0.5) is 0 Å². The topological polar surface area (TPSA) is 72.9 Å². The first-order valence-corrected chi connectivity index (χ1v) is 9.93. The highest BCUT2D eigenvalue weighted by Gasteiger charge is 2.28. The molecule has 0 aromatic carbocycles. The van der Waals surface area contributed by atoms with E-state index in [9.17, 15) is 9.90 Å². The van der Waals surface area contributed by atoms with E-state index in [1.165, 1.54) is 0 Å². The Morgan fingerprint density at radius 1 is 1.04 bits per heavy atom. The SMILES string of the molecule is CC(=O)C(C)(C)n1cc(Br)c(C)n1.Cc1nn(C(C)(C)C(C)O)cc1Br. The summed E-state index contributed by atoms with van der Waals surface area (Å²) >= 11 is 6.76. The molecule has 0 aliphatic carbocycles. The molecule has 1 N–H and O–H groups in total. The summed E-state index contributed by atoms with van der Waals surface area (Å²) in [5.41, 5.74) is 0.913. The van der Waals surface area contributed by atoms with Crippen LogP contribution in [0.1, 0.15) is 52.9 Å². The minimum absolute atomic E-state index is 0.0995. The zero-order valence-electron chi connectivity index (χ0n) is 16.6. The summed E-state index contributed by atoms with van der Waals surface area (Å²) < 4.78 is 5.38. The Morgan fingerprint density at radius 2 is 1.42 bits per heavy atom. The molecule has 6 nitrogen and oxygen atoms in total. The standard InChI is InChI=1S/C9H15BrN2O.C9H13BrN2O/c2*1-6-8(10)5-12(11-6)9(3,4)7(2)13/h5,7,13H,1-4H3;5H,1-4H3. The van der Waals surface area contributed by atoms with Gasteiger partial charge in [0, 0.05) is 12.4 Å². The Labute approximate surface area is 172 Å². The van der Waals surface area contributed by atoms with Gasteiger partial charge in [0.05, 0.1) is 32.0 Å². The van der Waals surface area contributed by atoms with Crippen LogP contribution in [0.3, 0.4) is 0 Å². The summed E-state index contributed by atoms with van der Waals surface area (Å²) in [6.45, 7) is 14.8. The molecular formula is C18H28Br2N4O2. The Kier molecular flexibility index (Phi) is 7.41. The first-order chi connectivity index (χ1) is 11.7. The normalized spacial score (nSPS) is 13.2. The summed E-state index contributed by atoms with van der Waals surface area (Å²) in [5.74, 6) is 0.0995. The fraction of sp³-hybridized carbons (Fsp3) is 0.611. The monoisotopic (exact) mass is 490 g/mol. The van der Waals surface area contributed by atoms with Crippen LogP contribution >= 0.6 is 31.9 Å². The molecule has 0 amide bonds. The molecule has 8 heteroatoms. The fourth-order valence-electron chi connectivity index (χ4n) is 1.81. The molecule has 0 saturated carbocycles. The number of carbonyl (C=O) groups excluding carboxylic acids is 1. The smallest absolute Gasteiger partial charge is 0.156 e.